The summed E-state index contributed by atoms with van der Waals surface area (Å²) in [5, 5.41) is 9.32. The molecule has 19 heavy (non-hydrogen) atoms. The number of hydrogen-bond acceptors (Lipinski definition) is 3. The first-order valence-corrected chi connectivity index (χ1v) is 6.66. The highest BCUT2D eigenvalue weighted by atomic mass is 35.5. The number of carboxylic acid groups (broad SMARTS) is 1. The molecule has 2 rings (SSSR count). The Labute approximate surface area is 117 Å². The van der Waals surface area contributed by atoms with Crippen LogP contribution in [0.1, 0.15) is 0 Å². The maximum Gasteiger partial charge on any atom is 0.328 e. The van der Waals surface area contributed by atoms with Gasteiger partial charge in [-0.15, -0.1) is 0 Å². The number of rotatable bonds is 4. The summed E-state index contributed by atoms with van der Waals surface area (Å²) in [5.41, 5.74) is 1.07. The summed E-state index contributed by atoms with van der Waals surface area (Å²) >= 11 is 6.18. The topological polar surface area (TPSA) is 43.8 Å². The second-order valence-corrected chi connectivity index (χ2v) is 4.89. The van der Waals surface area contributed by atoms with Gasteiger partial charge in [0.05, 0.1) is 10.7 Å². The Morgan fingerprint density at radius 3 is 2.58 bits per heavy atom. The first-order valence-electron chi connectivity index (χ1n) is 6.28. The Balaban J connectivity index is 1.86. The van der Waals surface area contributed by atoms with E-state index in [0.717, 1.165) is 36.9 Å². The van der Waals surface area contributed by atoms with E-state index in [1.54, 1.807) is 6.08 Å². The Bertz CT molecular complexity index is 468. The molecule has 1 N–H and O–H groups in total. The van der Waals surface area contributed by atoms with E-state index in [4.69, 9.17) is 16.7 Å². The summed E-state index contributed by atoms with van der Waals surface area (Å²) in [4.78, 5) is 14.9. The number of aliphatic carboxylic acids is 1. The van der Waals surface area contributed by atoms with Crippen molar-refractivity contribution in [2.75, 3.05) is 37.6 Å². The predicted molar refractivity (Wildman–Crippen MR) is 76.9 cm³/mol. The number of para-hydroxylation sites is 1. The molecule has 1 fully saturated rings. The average molecular weight is 281 g/mol. The number of carboxylic acids is 1. The van der Waals surface area contributed by atoms with Crippen LogP contribution in [0.25, 0.3) is 0 Å². The van der Waals surface area contributed by atoms with Crippen LogP contribution in [0.2, 0.25) is 5.02 Å². The Morgan fingerprint density at radius 2 is 1.95 bits per heavy atom. The highest BCUT2D eigenvalue weighted by molar-refractivity contribution is 6.33. The van der Waals surface area contributed by atoms with Gasteiger partial charge in [-0.2, -0.15) is 0 Å². The van der Waals surface area contributed by atoms with Crippen LogP contribution in [0.15, 0.2) is 36.4 Å². The SMILES string of the molecule is O=C(O)/C=C/CN1CCN(c2ccccc2Cl)CC1. The largest absolute Gasteiger partial charge is 0.478 e. The smallest absolute Gasteiger partial charge is 0.328 e. The number of halogens is 1. The van der Waals surface area contributed by atoms with Gasteiger partial charge in [-0.05, 0) is 12.1 Å². The summed E-state index contributed by atoms with van der Waals surface area (Å²) in [5.74, 6) is -0.894. The van der Waals surface area contributed by atoms with Crippen LogP contribution in [0, 0.1) is 0 Å². The molecule has 0 bridgehead atoms. The second-order valence-electron chi connectivity index (χ2n) is 4.48. The van der Waals surface area contributed by atoms with Crippen LogP contribution in [0.5, 0.6) is 0 Å². The molecule has 0 radical (unpaired) electrons. The summed E-state index contributed by atoms with van der Waals surface area (Å²) in [6.07, 6.45) is 2.88. The molecule has 102 valence electrons. The van der Waals surface area contributed by atoms with Crippen molar-refractivity contribution in [1.29, 1.82) is 0 Å². The normalized spacial score (nSPS) is 17.0. The molecule has 0 atom stereocenters. The Morgan fingerprint density at radius 1 is 1.26 bits per heavy atom. The van der Waals surface area contributed by atoms with Crippen molar-refractivity contribution in [3.8, 4) is 0 Å². The third-order valence-corrected chi connectivity index (χ3v) is 3.51. The molecule has 0 aromatic heterocycles. The molecule has 0 aliphatic carbocycles. The van der Waals surface area contributed by atoms with E-state index in [0.29, 0.717) is 6.54 Å². The zero-order valence-electron chi connectivity index (χ0n) is 10.6. The molecule has 1 aromatic carbocycles. The number of hydrogen-bond donors (Lipinski definition) is 1. The van der Waals surface area contributed by atoms with E-state index in [1.807, 2.05) is 24.3 Å². The minimum absolute atomic E-state index is 0.683. The molecule has 0 saturated carbocycles. The first-order chi connectivity index (χ1) is 9.16. The minimum atomic E-state index is -0.894. The summed E-state index contributed by atoms with van der Waals surface area (Å²) in [7, 11) is 0. The average Bonchev–Trinajstić information content (AvgIpc) is 2.40. The Kier molecular flexibility index (Phi) is 4.82. The minimum Gasteiger partial charge on any atom is -0.478 e. The van der Waals surface area contributed by atoms with Gasteiger partial charge in [-0.25, -0.2) is 4.79 Å². The molecular weight excluding hydrogens is 264 g/mol. The van der Waals surface area contributed by atoms with Crippen LogP contribution >= 0.6 is 11.6 Å². The van der Waals surface area contributed by atoms with Gasteiger partial charge in [0.15, 0.2) is 0 Å². The van der Waals surface area contributed by atoms with Crippen molar-refractivity contribution in [2.45, 2.75) is 0 Å². The predicted octanol–water partition coefficient (Wildman–Crippen LogP) is 2.10. The van der Waals surface area contributed by atoms with E-state index in [9.17, 15) is 4.79 Å². The highest BCUT2D eigenvalue weighted by Crippen LogP contribution is 2.25. The maximum atomic E-state index is 10.4. The number of nitrogens with zero attached hydrogens (tertiary/aromatic N) is 2. The molecule has 1 aromatic rings. The van der Waals surface area contributed by atoms with Gasteiger partial charge in [-0.1, -0.05) is 29.8 Å². The molecular formula is C14H17ClN2O2. The number of anilines is 1. The van der Waals surface area contributed by atoms with E-state index in [1.165, 1.54) is 6.08 Å². The monoisotopic (exact) mass is 280 g/mol. The van der Waals surface area contributed by atoms with Crippen LogP contribution in [0.3, 0.4) is 0 Å². The highest BCUT2D eigenvalue weighted by Gasteiger charge is 2.17. The van der Waals surface area contributed by atoms with E-state index >= 15 is 0 Å². The van der Waals surface area contributed by atoms with Crippen molar-refractivity contribution in [1.82, 2.24) is 4.90 Å². The molecule has 4 nitrogen and oxygen atoms in total. The fourth-order valence-corrected chi connectivity index (χ4v) is 2.44. The lowest BCUT2D eigenvalue weighted by molar-refractivity contribution is -0.131. The lowest BCUT2D eigenvalue weighted by Crippen LogP contribution is -2.46. The standard InChI is InChI=1S/C14H17ClN2O2/c15-12-4-1-2-5-13(12)17-10-8-16(9-11-17)7-3-6-14(18)19/h1-6H,7-11H2,(H,18,19)/b6-3+. The van der Waals surface area contributed by atoms with Crippen molar-refractivity contribution >= 4 is 23.3 Å². The maximum absolute atomic E-state index is 10.4. The van der Waals surface area contributed by atoms with Crippen molar-refractivity contribution in [3.05, 3.63) is 41.4 Å². The van der Waals surface area contributed by atoms with Crippen molar-refractivity contribution in [2.24, 2.45) is 0 Å². The van der Waals surface area contributed by atoms with Gasteiger partial charge in [0.2, 0.25) is 0 Å². The van der Waals surface area contributed by atoms with E-state index in [-0.39, 0.29) is 0 Å². The third-order valence-electron chi connectivity index (χ3n) is 3.19. The third kappa shape index (κ3) is 3.98. The molecule has 1 aliphatic rings. The van der Waals surface area contributed by atoms with Gasteiger partial charge >= 0.3 is 5.97 Å². The summed E-state index contributed by atoms with van der Waals surface area (Å²) in [6, 6.07) is 7.85. The Hall–Kier alpha value is -1.52. The van der Waals surface area contributed by atoms with E-state index in [2.05, 4.69) is 9.80 Å². The van der Waals surface area contributed by atoms with Gasteiger partial charge < -0.3 is 10.0 Å². The molecule has 1 aliphatic heterocycles. The van der Waals surface area contributed by atoms with Crippen LogP contribution in [-0.2, 0) is 4.79 Å². The zero-order chi connectivity index (χ0) is 13.7. The van der Waals surface area contributed by atoms with Crippen LogP contribution < -0.4 is 4.90 Å². The van der Waals surface area contributed by atoms with Gasteiger partial charge in [0.25, 0.3) is 0 Å². The van der Waals surface area contributed by atoms with E-state index < -0.39 is 5.97 Å². The van der Waals surface area contributed by atoms with Gasteiger partial charge in [-0.3, -0.25) is 4.90 Å². The first kappa shape index (κ1) is 13.9. The fourth-order valence-electron chi connectivity index (χ4n) is 2.18. The lowest BCUT2D eigenvalue weighted by Gasteiger charge is -2.36. The van der Waals surface area contributed by atoms with Crippen molar-refractivity contribution < 1.29 is 9.90 Å². The van der Waals surface area contributed by atoms with Crippen molar-refractivity contribution in [3.63, 3.8) is 0 Å². The van der Waals surface area contributed by atoms with Crippen LogP contribution in [-0.4, -0.2) is 48.7 Å². The second kappa shape index (κ2) is 6.59. The zero-order valence-corrected chi connectivity index (χ0v) is 11.4. The fraction of sp³-hybridized carbons (Fsp3) is 0.357. The summed E-state index contributed by atoms with van der Waals surface area (Å²) in [6.45, 7) is 4.32. The summed E-state index contributed by atoms with van der Waals surface area (Å²) < 4.78 is 0. The quantitative estimate of drug-likeness (QED) is 0.858. The van der Waals surface area contributed by atoms with Gasteiger partial charge in [0, 0.05) is 38.8 Å². The molecule has 0 amide bonds. The number of carbonyl (C=O) groups is 1. The molecule has 5 heteroatoms. The lowest BCUT2D eigenvalue weighted by atomic mass is 10.2. The van der Waals surface area contributed by atoms with Gasteiger partial charge in [0.1, 0.15) is 0 Å². The molecule has 0 unspecified atom stereocenters. The van der Waals surface area contributed by atoms with Crippen LogP contribution in [0.4, 0.5) is 5.69 Å². The molecule has 0 spiro atoms. The number of benzene rings is 1. The number of piperazine rings is 1. The molecule has 1 saturated heterocycles. The molecule has 1 heterocycles.